The molecule has 2 atom stereocenters. The quantitative estimate of drug-likeness (QED) is 0.704. The average Bonchev–Trinajstić information content (AvgIpc) is 2.26. The van der Waals surface area contributed by atoms with Crippen LogP contribution >= 0.6 is 0 Å². The molecule has 0 bridgehead atoms. The Kier molecular flexibility index (Phi) is 7.85. The molecule has 2 unspecified atom stereocenters. The number of carboxylic acids is 1. The SMILES string of the molecule is CC(=O)NC(CC(C)N(C)CC#CC(C)C)C(=O)O. The van der Waals surface area contributed by atoms with Crippen molar-refractivity contribution in [3.05, 3.63) is 0 Å². The van der Waals surface area contributed by atoms with Gasteiger partial charge >= 0.3 is 5.97 Å². The Morgan fingerprint density at radius 3 is 2.32 bits per heavy atom. The topological polar surface area (TPSA) is 69.6 Å². The van der Waals surface area contributed by atoms with Crippen LogP contribution in [0.3, 0.4) is 0 Å². The highest BCUT2D eigenvalue weighted by Crippen LogP contribution is 2.05. The second-order valence-corrected chi connectivity index (χ2v) is 5.07. The summed E-state index contributed by atoms with van der Waals surface area (Å²) in [7, 11) is 1.90. The average molecular weight is 268 g/mol. The standard InChI is InChI=1S/C14H24N2O3/c1-10(2)7-6-8-16(5)11(3)9-13(14(18)19)15-12(4)17/h10-11,13H,8-9H2,1-5H3,(H,15,17)(H,18,19). The van der Waals surface area contributed by atoms with E-state index in [1.807, 2.05) is 32.7 Å². The van der Waals surface area contributed by atoms with Crippen molar-refractivity contribution in [2.24, 2.45) is 5.92 Å². The van der Waals surface area contributed by atoms with E-state index in [-0.39, 0.29) is 11.9 Å². The highest BCUT2D eigenvalue weighted by Gasteiger charge is 2.22. The first-order valence-corrected chi connectivity index (χ1v) is 6.42. The molecule has 0 aliphatic heterocycles. The molecule has 0 aromatic carbocycles. The monoisotopic (exact) mass is 268 g/mol. The Balaban J connectivity index is 4.39. The molecule has 0 spiro atoms. The molecule has 0 saturated carbocycles. The Labute approximate surface area is 115 Å². The van der Waals surface area contributed by atoms with E-state index < -0.39 is 12.0 Å². The van der Waals surface area contributed by atoms with Crippen molar-refractivity contribution in [2.75, 3.05) is 13.6 Å². The molecule has 5 nitrogen and oxygen atoms in total. The molecule has 0 fully saturated rings. The van der Waals surface area contributed by atoms with Gasteiger partial charge in [-0.15, -0.1) is 0 Å². The number of nitrogens with one attached hydrogen (secondary N) is 1. The van der Waals surface area contributed by atoms with Gasteiger partial charge in [-0.2, -0.15) is 0 Å². The highest BCUT2D eigenvalue weighted by atomic mass is 16.4. The van der Waals surface area contributed by atoms with Gasteiger partial charge < -0.3 is 10.4 Å². The van der Waals surface area contributed by atoms with Crippen LogP contribution in [0.15, 0.2) is 0 Å². The summed E-state index contributed by atoms with van der Waals surface area (Å²) in [5, 5.41) is 11.5. The van der Waals surface area contributed by atoms with E-state index >= 15 is 0 Å². The lowest BCUT2D eigenvalue weighted by Crippen LogP contribution is -2.44. The first kappa shape index (κ1) is 17.5. The Morgan fingerprint density at radius 2 is 1.89 bits per heavy atom. The fourth-order valence-electron chi connectivity index (χ4n) is 1.52. The van der Waals surface area contributed by atoms with Gasteiger partial charge in [0.25, 0.3) is 0 Å². The summed E-state index contributed by atoms with van der Waals surface area (Å²) in [4.78, 5) is 24.0. The van der Waals surface area contributed by atoms with E-state index in [0.717, 1.165) is 0 Å². The third-order valence-corrected chi connectivity index (χ3v) is 2.72. The predicted molar refractivity (Wildman–Crippen MR) is 74.6 cm³/mol. The Hall–Kier alpha value is -1.54. The summed E-state index contributed by atoms with van der Waals surface area (Å²) in [6, 6.07) is -0.831. The summed E-state index contributed by atoms with van der Waals surface area (Å²) in [5.74, 6) is 5.10. The van der Waals surface area contributed by atoms with Crippen molar-refractivity contribution in [3.8, 4) is 11.8 Å². The fraction of sp³-hybridized carbons (Fsp3) is 0.714. The smallest absolute Gasteiger partial charge is 0.326 e. The van der Waals surface area contributed by atoms with Crippen LogP contribution < -0.4 is 5.32 Å². The fourth-order valence-corrected chi connectivity index (χ4v) is 1.52. The molecular formula is C14H24N2O3. The van der Waals surface area contributed by atoms with Crippen molar-refractivity contribution in [3.63, 3.8) is 0 Å². The minimum Gasteiger partial charge on any atom is -0.480 e. The van der Waals surface area contributed by atoms with E-state index in [4.69, 9.17) is 5.11 Å². The Morgan fingerprint density at radius 1 is 1.32 bits per heavy atom. The zero-order valence-electron chi connectivity index (χ0n) is 12.4. The molecule has 0 aromatic rings. The maximum absolute atomic E-state index is 11.0. The van der Waals surface area contributed by atoms with Gasteiger partial charge in [-0.25, -0.2) is 4.79 Å². The van der Waals surface area contributed by atoms with Crippen molar-refractivity contribution in [1.29, 1.82) is 0 Å². The van der Waals surface area contributed by atoms with Crippen LogP contribution in [0.25, 0.3) is 0 Å². The molecule has 0 heterocycles. The number of carbonyl (C=O) groups excluding carboxylic acids is 1. The van der Waals surface area contributed by atoms with Crippen LogP contribution in [-0.4, -0.2) is 47.6 Å². The number of rotatable bonds is 6. The lowest BCUT2D eigenvalue weighted by atomic mass is 10.1. The minimum atomic E-state index is -1.01. The Bertz CT molecular complexity index is 369. The number of hydrogen-bond acceptors (Lipinski definition) is 3. The largest absolute Gasteiger partial charge is 0.480 e. The van der Waals surface area contributed by atoms with Crippen LogP contribution in [0.4, 0.5) is 0 Å². The van der Waals surface area contributed by atoms with Crippen LogP contribution in [0.1, 0.15) is 34.1 Å². The first-order chi connectivity index (χ1) is 8.73. The van der Waals surface area contributed by atoms with E-state index in [9.17, 15) is 9.59 Å². The summed E-state index contributed by atoms with van der Waals surface area (Å²) in [6.45, 7) is 7.88. The maximum atomic E-state index is 11.0. The molecule has 0 rings (SSSR count). The zero-order valence-corrected chi connectivity index (χ0v) is 12.4. The first-order valence-electron chi connectivity index (χ1n) is 6.42. The zero-order chi connectivity index (χ0) is 15.0. The van der Waals surface area contributed by atoms with Crippen LogP contribution in [0, 0.1) is 17.8 Å². The van der Waals surface area contributed by atoms with Crippen LogP contribution in [0.5, 0.6) is 0 Å². The molecule has 0 aromatic heterocycles. The van der Waals surface area contributed by atoms with Gasteiger partial charge in [0.05, 0.1) is 6.54 Å². The lowest BCUT2D eigenvalue weighted by Gasteiger charge is -2.25. The number of amides is 1. The second kappa shape index (κ2) is 8.54. The summed E-state index contributed by atoms with van der Waals surface area (Å²) in [6.07, 6.45) is 0.356. The molecule has 1 amide bonds. The molecule has 108 valence electrons. The lowest BCUT2D eigenvalue weighted by molar-refractivity contribution is -0.142. The number of carboxylic acid groups (broad SMARTS) is 1. The van der Waals surface area contributed by atoms with Crippen LogP contribution in [-0.2, 0) is 9.59 Å². The van der Waals surface area contributed by atoms with E-state index in [0.29, 0.717) is 18.9 Å². The highest BCUT2D eigenvalue weighted by molar-refractivity contribution is 5.82. The molecule has 19 heavy (non-hydrogen) atoms. The maximum Gasteiger partial charge on any atom is 0.326 e. The van der Waals surface area contributed by atoms with Gasteiger partial charge in [-0.1, -0.05) is 25.7 Å². The van der Waals surface area contributed by atoms with Crippen molar-refractivity contribution in [2.45, 2.75) is 46.2 Å². The van der Waals surface area contributed by atoms with E-state index in [1.165, 1.54) is 6.92 Å². The predicted octanol–water partition coefficient (Wildman–Crippen LogP) is 0.946. The number of carbonyl (C=O) groups is 2. The van der Waals surface area contributed by atoms with E-state index in [2.05, 4.69) is 17.2 Å². The molecule has 2 N–H and O–H groups in total. The second-order valence-electron chi connectivity index (χ2n) is 5.07. The van der Waals surface area contributed by atoms with Gasteiger partial charge in [0, 0.05) is 18.9 Å². The third kappa shape index (κ3) is 8.22. The van der Waals surface area contributed by atoms with Gasteiger partial charge in [0.1, 0.15) is 6.04 Å². The normalized spacial score (nSPS) is 13.6. The molecule has 0 radical (unpaired) electrons. The summed E-state index contributed by atoms with van der Waals surface area (Å²) in [5.41, 5.74) is 0. The van der Waals surface area contributed by atoms with Gasteiger partial charge in [-0.05, 0) is 20.4 Å². The molecule has 0 saturated heterocycles. The number of aliphatic carboxylic acids is 1. The minimum absolute atomic E-state index is 0.0226. The van der Waals surface area contributed by atoms with Gasteiger partial charge in [-0.3, -0.25) is 9.69 Å². The van der Waals surface area contributed by atoms with Crippen molar-refractivity contribution in [1.82, 2.24) is 10.2 Å². The summed E-state index contributed by atoms with van der Waals surface area (Å²) >= 11 is 0. The summed E-state index contributed by atoms with van der Waals surface area (Å²) < 4.78 is 0. The van der Waals surface area contributed by atoms with Gasteiger partial charge in [0.2, 0.25) is 5.91 Å². The van der Waals surface area contributed by atoms with Crippen LogP contribution in [0.2, 0.25) is 0 Å². The van der Waals surface area contributed by atoms with E-state index in [1.54, 1.807) is 0 Å². The molecule has 0 aliphatic carbocycles. The number of nitrogens with zero attached hydrogens (tertiary/aromatic N) is 1. The van der Waals surface area contributed by atoms with Gasteiger partial charge in [0.15, 0.2) is 0 Å². The molecule has 0 aliphatic rings. The molecular weight excluding hydrogens is 244 g/mol. The van der Waals surface area contributed by atoms with Crippen molar-refractivity contribution >= 4 is 11.9 Å². The third-order valence-electron chi connectivity index (χ3n) is 2.72. The number of hydrogen-bond donors (Lipinski definition) is 2. The molecule has 5 heteroatoms. The van der Waals surface area contributed by atoms with Crippen molar-refractivity contribution < 1.29 is 14.7 Å².